The average Bonchev–Trinajstić information content (AvgIpc) is 2.72. The number of hydrogen-bond acceptors (Lipinski definition) is 3. The molecule has 76 valence electrons. The van der Waals surface area contributed by atoms with Crippen LogP contribution in [0.5, 0.6) is 0 Å². The van der Waals surface area contributed by atoms with Gasteiger partial charge in [0.25, 0.3) is 0 Å². The van der Waals surface area contributed by atoms with Crippen LogP contribution in [0.25, 0.3) is 0 Å². The lowest BCUT2D eigenvalue weighted by Gasteiger charge is -2.04. The van der Waals surface area contributed by atoms with Crippen LogP contribution in [0.3, 0.4) is 0 Å². The Morgan fingerprint density at radius 1 is 1.15 bits per heavy atom. The van der Waals surface area contributed by atoms with Gasteiger partial charge in [-0.2, -0.15) is 0 Å². The Kier molecular flexibility index (Phi) is 6.63. The van der Waals surface area contributed by atoms with Crippen LogP contribution in [0.1, 0.15) is 18.5 Å². The van der Waals surface area contributed by atoms with Crippen molar-refractivity contribution in [3.05, 3.63) is 24.3 Å². The minimum absolute atomic E-state index is 0. The van der Waals surface area contributed by atoms with Crippen LogP contribution in [-0.4, -0.2) is 9.97 Å². The third kappa shape index (κ3) is 3.27. The predicted octanol–water partition coefficient (Wildman–Crippen LogP) is 1.69. The molecule has 0 bridgehead atoms. The summed E-state index contributed by atoms with van der Waals surface area (Å²) in [5.74, 6) is 0. The third-order valence-corrected chi connectivity index (χ3v) is 1.86. The second-order valence-corrected chi connectivity index (χ2v) is 2.75. The van der Waals surface area contributed by atoms with Crippen LogP contribution in [0.4, 0.5) is 0 Å². The lowest BCUT2D eigenvalue weighted by atomic mass is 10.2. The number of hydrogen-bond donors (Lipinski definition) is 1. The zero-order valence-electron chi connectivity index (χ0n) is 6.84. The number of nitrogens with two attached hydrogens (primary N) is 1. The van der Waals surface area contributed by atoms with Gasteiger partial charge in [-0.25, -0.2) is 0 Å². The Balaban J connectivity index is 0. The largest absolute Gasteiger partial charge is 0.320 e. The summed E-state index contributed by atoms with van der Waals surface area (Å²) >= 11 is 0. The number of halogens is 3. The van der Waals surface area contributed by atoms with Crippen molar-refractivity contribution >= 4 is 37.2 Å². The van der Waals surface area contributed by atoms with Crippen molar-refractivity contribution < 1.29 is 0 Å². The van der Waals surface area contributed by atoms with Gasteiger partial charge in [0, 0.05) is 12.4 Å². The van der Waals surface area contributed by atoms with E-state index in [-0.39, 0.29) is 42.8 Å². The Bertz CT molecular complexity index is 238. The Labute approximate surface area is 95.8 Å². The molecule has 1 heterocycles. The van der Waals surface area contributed by atoms with Crippen molar-refractivity contribution in [2.24, 2.45) is 5.73 Å². The summed E-state index contributed by atoms with van der Waals surface area (Å²) in [5, 5.41) is 0. The predicted molar refractivity (Wildman–Crippen MR) is 58.9 cm³/mol. The van der Waals surface area contributed by atoms with E-state index >= 15 is 0 Å². The molecule has 0 atom stereocenters. The van der Waals surface area contributed by atoms with Gasteiger partial charge in [-0.3, -0.25) is 9.97 Å². The van der Waals surface area contributed by atoms with Crippen LogP contribution >= 0.6 is 37.2 Å². The molecule has 6 heteroatoms. The van der Waals surface area contributed by atoms with Gasteiger partial charge in [-0.15, -0.1) is 37.2 Å². The van der Waals surface area contributed by atoms with E-state index in [1.165, 1.54) is 0 Å². The molecular formula is C7H12Cl3N3. The molecule has 2 N–H and O–H groups in total. The minimum Gasteiger partial charge on any atom is -0.320 e. The summed E-state index contributed by atoms with van der Waals surface area (Å²) in [6.07, 6.45) is 7.18. The fraction of sp³-hybridized carbons (Fsp3) is 0.429. The lowest BCUT2D eigenvalue weighted by Crippen LogP contribution is -2.20. The van der Waals surface area contributed by atoms with Crippen molar-refractivity contribution in [2.75, 3.05) is 0 Å². The highest BCUT2D eigenvalue weighted by atomic mass is 35.5. The molecule has 0 spiro atoms. The van der Waals surface area contributed by atoms with Gasteiger partial charge in [0.1, 0.15) is 0 Å². The summed E-state index contributed by atoms with van der Waals surface area (Å²) in [6, 6.07) is 0. The number of rotatable bonds is 1. The van der Waals surface area contributed by atoms with Crippen LogP contribution in [0.2, 0.25) is 0 Å². The summed E-state index contributed by atoms with van der Waals surface area (Å²) in [5.41, 5.74) is 6.66. The van der Waals surface area contributed by atoms with Crippen molar-refractivity contribution in [3.63, 3.8) is 0 Å². The first-order valence-electron chi connectivity index (χ1n) is 3.37. The molecular weight excluding hydrogens is 232 g/mol. The fourth-order valence-corrected chi connectivity index (χ4v) is 0.947. The maximum Gasteiger partial charge on any atom is 0.0785 e. The van der Waals surface area contributed by atoms with E-state index in [1.54, 1.807) is 18.6 Å². The zero-order chi connectivity index (χ0) is 7.03. The van der Waals surface area contributed by atoms with Crippen molar-refractivity contribution in [1.82, 2.24) is 9.97 Å². The van der Waals surface area contributed by atoms with E-state index in [1.807, 2.05) is 0 Å². The Morgan fingerprint density at radius 3 is 2.15 bits per heavy atom. The highest BCUT2D eigenvalue weighted by molar-refractivity contribution is 5.86. The SMILES string of the molecule is Cl.Cl.Cl.NC1(c2cnccn2)CC1. The molecule has 13 heavy (non-hydrogen) atoms. The zero-order valence-corrected chi connectivity index (χ0v) is 9.29. The van der Waals surface area contributed by atoms with E-state index in [9.17, 15) is 0 Å². The molecule has 1 aromatic rings. The molecule has 0 saturated heterocycles. The molecule has 2 rings (SSSR count). The molecule has 0 unspecified atom stereocenters. The summed E-state index contributed by atoms with van der Waals surface area (Å²) in [4.78, 5) is 8.07. The molecule has 0 radical (unpaired) electrons. The maximum absolute atomic E-state index is 5.87. The van der Waals surface area contributed by atoms with Crippen LogP contribution in [-0.2, 0) is 5.54 Å². The maximum atomic E-state index is 5.87. The first kappa shape index (κ1) is 15.4. The second kappa shape index (κ2) is 5.60. The molecule has 0 aromatic carbocycles. The van der Waals surface area contributed by atoms with E-state index < -0.39 is 0 Å². The van der Waals surface area contributed by atoms with Gasteiger partial charge in [0.15, 0.2) is 0 Å². The molecule has 0 amide bonds. The highest BCUT2D eigenvalue weighted by Crippen LogP contribution is 2.40. The molecule has 3 nitrogen and oxygen atoms in total. The fourth-order valence-electron chi connectivity index (χ4n) is 0.947. The van der Waals surface area contributed by atoms with Crippen LogP contribution in [0, 0.1) is 0 Å². The molecule has 1 aliphatic rings. The Hall–Kier alpha value is -0.0900. The van der Waals surface area contributed by atoms with E-state index in [4.69, 9.17) is 5.73 Å². The van der Waals surface area contributed by atoms with Gasteiger partial charge in [0.2, 0.25) is 0 Å². The first-order chi connectivity index (χ1) is 4.81. The second-order valence-electron chi connectivity index (χ2n) is 2.75. The molecule has 1 fully saturated rings. The molecule has 1 aromatic heterocycles. The van der Waals surface area contributed by atoms with Crippen molar-refractivity contribution in [1.29, 1.82) is 0 Å². The van der Waals surface area contributed by atoms with E-state index in [0.29, 0.717) is 0 Å². The molecule has 1 aliphatic carbocycles. The smallest absolute Gasteiger partial charge is 0.0785 e. The van der Waals surface area contributed by atoms with Gasteiger partial charge < -0.3 is 5.73 Å². The van der Waals surface area contributed by atoms with Crippen molar-refractivity contribution in [3.8, 4) is 0 Å². The minimum atomic E-state index is -0.131. The first-order valence-corrected chi connectivity index (χ1v) is 3.37. The normalized spacial score (nSPS) is 15.8. The van der Waals surface area contributed by atoms with Crippen LogP contribution in [0.15, 0.2) is 18.6 Å². The topological polar surface area (TPSA) is 51.8 Å². The van der Waals surface area contributed by atoms with Crippen molar-refractivity contribution in [2.45, 2.75) is 18.4 Å². The van der Waals surface area contributed by atoms with Crippen LogP contribution < -0.4 is 5.73 Å². The molecule has 0 aliphatic heterocycles. The number of aromatic nitrogens is 2. The average molecular weight is 245 g/mol. The van der Waals surface area contributed by atoms with E-state index in [2.05, 4.69) is 9.97 Å². The molecule has 1 saturated carbocycles. The summed E-state index contributed by atoms with van der Waals surface area (Å²) < 4.78 is 0. The van der Waals surface area contributed by atoms with Gasteiger partial charge >= 0.3 is 0 Å². The number of nitrogens with zero attached hydrogens (tertiary/aromatic N) is 2. The van der Waals surface area contributed by atoms with Gasteiger partial charge in [-0.1, -0.05) is 0 Å². The van der Waals surface area contributed by atoms with E-state index in [0.717, 1.165) is 18.5 Å². The summed E-state index contributed by atoms with van der Waals surface area (Å²) in [7, 11) is 0. The van der Waals surface area contributed by atoms with Gasteiger partial charge in [0.05, 0.1) is 17.4 Å². The monoisotopic (exact) mass is 243 g/mol. The quantitative estimate of drug-likeness (QED) is 0.818. The van der Waals surface area contributed by atoms with Gasteiger partial charge in [-0.05, 0) is 12.8 Å². The highest BCUT2D eigenvalue weighted by Gasteiger charge is 2.41. The summed E-state index contributed by atoms with van der Waals surface area (Å²) in [6.45, 7) is 0. The standard InChI is InChI=1S/C7H9N3.3ClH/c8-7(1-2-7)6-5-9-3-4-10-6;;;/h3-5H,1-2,8H2;3*1H. The third-order valence-electron chi connectivity index (χ3n) is 1.86. The Morgan fingerprint density at radius 2 is 1.77 bits per heavy atom. The lowest BCUT2D eigenvalue weighted by molar-refractivity contribution is 0.701.